The molecule has 0 N–H and O–H groups in total. The van der Waals surface area contributed by atoms with Crippen LogP contribution in [-0.2, 0) is 14.3 Å². The smallest absolute Gasteiger partial charge is 0.306 e. The van der Waals surface area contributed by atoms with Crippen molar-refractivity contribution in [2.45, 2.75) is 51.5 Å². The first kappa shape index (κ1) is 18.6. The van der Waals surface area contributed by atoms with Crippen molar-refractivity contribution in [3.63, 3.8) is 0 Å². The highest BCUT2D eigenvalue weighted by atomic mass is 32.2. The normalized spacial score (nSPS) is 23.3. The lowest BCUT2D eigenvalue weighted by molar-refractivity contribution is -0.146. The van der Waals surface area contributed by atoms with Gasteiger partial charge in [0, 0.05) is 25.3 Å². The van der Waals surface area contributed by atoms with Crippen LogP contribution in [0.5, 0.6) is 0 Å². The van der Waals surface area contributed by atoms with E-state index in [1.165, 1.54) is 19.3 Å². The molecule has 0 spiro atoms. The summed E-state index contributed by atoms with van der Waals surface area (Å²) in [6, 6.07) is 0.287. The van der Waals surface area contributed by atoms with Gasteiger partial charge in [-0.05, 0) is 45.0 Å². The number of esters is 1. The van der Waals surface area contributed by atoms with E-state index in [2.05, 4.69) is 4.90 Å². The first-order chi connectivity index (χ1) is 11.2. The summed E-state index contributed by atoms with van der Waals surface area (Å²) in [6.07, 6.45) is 5.41. The fourth-order valence-electron chi connectivity index (χ4n) is 3.33. The molecule has 6 heteroatoms. The van der Waals surface area contributed by atoms with E-state index in [9.17, 15) is 9.59 Å². The Balaban J connectivity index is 1.88. The van der Waals surface area contributed by atoms with E-state index in [1.54, 1.807) is 6.92 Å². The average molecular weight is 343 g/mol. The van der Waals surface area contributed by atoms with E-state index in [4.69, 9.17) is 4.74 Å². The molecule has 0 aromatic rings. The Bertz CT molecular complexity index is 386. The largest absolute Gasteiger partial charge is 0.466 e. The van der Waals surface area contributed by atoms with Gasteiger partial charge in [0.2, 0.25) is 5.91 Å². The maximum Gasteiger partial charge on any atom is 0.306 e. The summed E-state index contributed by atoms with van der Waals surface area (Å²) in [6.45, 7) is 6.30. The van der Waals surface area contributed by atoms with Gasteiger partial charge < -0.3 is 14.5 Å². The van der Waals surface area contributed by atoms with Gasteiger partial charge in [-0.1, -0.05) is 6.42 Å². The van der Waals surface area contributed by atoms with Crippen LogP contribution >= 0.6 is 11.8 Å². The zero-order valence-corrected chi connectivity index (χ0v) is 15.1. The van der Waals surface area contributed by atoms with Gasteiger partial charge in [-0.25, -0.2) is 0 Å². The molecule has 23 heavy (non-hydrogen) atoms. The quantitative estimate of drug-likeness (QED) is 0.692. The number of nitrogens with zero attached hydrogens (tertiary/aromatic N) is 2. The molecular weight excluding hydrogens is 312 g/mol. The first-order valence-electron chi connectivity index (χ1n) is 8.96. The summed E-state index contributed by atoms with van der Waals surface area (Å²) < 4.78 is 4.93. The van der Waals surface area contributed by atoms with Crippen LogP contribution in [0.2, 0.25) is 0 Å². The monoisotopic (exact) mass is 342 g/mol. The van der Waals surface area contributed by atoms with Crippen molar-refractivity contribution in [2.75, 3.05) is 44.3 Å². The molecule has 2 rings (SSSR count). The van der Waals surface area contributed by atoms with E-state index < -0.39 is 0 Å². The number of likely N-dealkylation sites (tertiary alicyclic amines) is 1. The molecule has 1 amide bonds. The summed E-state index contributed by atoms with van der Waals surface area (Å²) in [7, 11) is 0. The summed E-state index contributed by atoms with van der Waals surface area (Å²) >= 11 is 1.95. The molecule has 5 nitrogen and oxygen atoms in total. The predicted octanol–water partition coefficient (Wildman–Crippen LogP) is 2.15. The lowest BCUT2D eigenvalue weighted by Crippen LogP contribution is -2.49. The van der Waals surface area contributed by atoms with Crippen molar-refractivity contribution in [1.29, 1.82) is 0 Å². The lowest BCUT2D eigenvalue weighted by atomic mass is 10.1. The number of hydrogen-bond donors (Lipinski definition) is 0. The van der Waals surface area contributed by atoms with Gasteiger partial charge in [0.05, 0.1) is 19.1 Å². The minimum Gasteiger partial charge on any atom is -0.466 e. The first-order valence-corrected chi connectivity index (χ1v) is 10.1. The van der Waals surface area contributed by atoms with Gasteiger partial charge in [-0.15, -0.1) is 0 Å². The molecule has 0 aliphatic carbocycles. The summed E-state index contributed by atoms with van der Waals surface area (Å²) in [5.74, 6) is 1.99. The topological polar surface area (TPSA) is 49.9 Å². The fraction of sp³-hybridized carbons (Fsp3) is 0.882. The highest BCUT2D eigenvalue weighted by Crippen LogP contribution is 2.20. The van der Waals surface area contributed by atoms with E-state index in [1.807, 2.05) is 16.7 Å². The van der Waals surface area contributed by atoms with Crippen molar-refractivity contribution in [1.82, 2.24) is 9.80 Å². The number of ether oxygens (including phenoxy) is 1. The number of hydrogen-bond acceptors (Lipinski definition) is 5. The molecule has 0 saturated carbocycles. The Labute approximate surface area is 144 Å². The molecule has 0 radical (unpaired) electrons. The number of amides is 1. The van der Waals surface area contributed by atoms with Crippen molar-refractivity contribution in [3.05, 3.63) is 0 Å². The predicted molar refractivity (Wildman–Crippen MR) is 93.6 cm³/mol. The third-order valence-corrected chi connectivity index (χ3v) is 5.72. The third kappa shape index (κ3) is 6.34. The summed E-state index contributed by atoms with van der Waals surface area (Å²) in [5, 5.41) is 0. The molecule has 0 aromatic carbocycles. The molecular formula is C17H30N2O3S. The second-order valence-electron chi connectivity index (χ2n) is 6.34. The average Bonchev–Trinajstić information content (AvgIpc) is 2.79. The third-order valence-electron chi connectivity index (χ3n) is 4.52. The zero-order chi connectivity index (χ0) is 16.5. The Morgan fingerprint density at radius 1 is 1.09 bits per heavy atom. The minimum absolute atomic E-state index is 0.113. The van der Waals surface area contributed by atoms with E-state index >= 15 is 0 Å². The second-order valence-corrected chi connectivity index (χ2v) is 7.49. The molecule has 1 unspecified atom stereocenters. The summed E-state index contributed by atoms with van der Waals surface area (Å²) in [5.41, 5.74) is 0. The van der Waals surface area contributed by atoms with E-state index in [0.29, 0.717) is 6.61 Å². The van der Waals surface area contributed by atoms with Crippen LogP contribution in [0, 0.1) is 0 Å². The Morgan fingerprint density at radius 3 is 2.61 bits per heavy atom. The number of carbonyl (C=O) groups is 2. The van der Waals surface area contributed by atoms with Crippen LogP contribution in [0.25, 0.3) is 0 Å². The van der Waals surface area contributed by atoms with Crippen LogP contribution in [0.4, 0.5) is 0 Å². The van der Waals surface area contributed by atoms with Crippen molar-refractivity contribution in [2.24, 2.45) is 0 Å². The minimum atomic E-state index is -0.266. The Morgan fingerprint density at radius 2 is 1.87 bits per heavy atom. The van der Waals surface area contributed by atoms with Crippen LogP contribution in [0.15, 0.2) is 0 Å². The fourth-order valence-corrected chi connectivity index (χ4v) is 4.39. The SMILES string of the molecule is CCOC(=O)CCC(=O)N1CCCSCC1CN1CCCCC1. The highest BCUT2D eigenvalue weighted by Gasteiger charge is 2.28. The second kappa shape index (κ2) is 10.2. The molecule has 0 bridgehead atoms. The number of carbonyl (C=O) groups excluding carboxylic acids is 2. The molecule has 2 aliphatic rings. The van der Waals surface area contributed by atoms with Crippen LogP contribution in [-0.4, -0.2) is 72.0 Å². The Hall–Kier alpha value is -0.750. The van der Waals surface area contributed by atoms with Crippen LogP contribution in [0.1, 0.15) is 45.4 Å². The van der Waals surface area contributed by atoms with E-state index in [0.717, 1.165) is 44.1 Å². The maximum absolute atomic E-state index is 12.6. The van der Waals surface area contributed by atoms with Crippen LogP contribution < -0.4 is 0 Å². The molecule has 0 aromatic heterocycles. The van der Waals surface area contributed by atoms with Crippen molar-refractivity contribution in [3.8, 4) is 0 Å². The Kier molecular flexibility index (Phi) is 8.23. The highest BCUT2D eigenvalue weighted by molar-refractivity contribution is 7.99. The molecule has 2 heterocycles. The number of thioether (sulfide) groups is 1. The van der Waals surface area contributed by atoms with Crippen molar-refractivity contribution >= 4 is 23.6 Å². The van der Waals surface area contributed by atoms with Gasteiger partial charge in [0.15, 0.2) is 0 Å². The molecule has 1 atom stereocenters. The van der Waals surface area contributed by atoms with Gasteiger partial charge in [0.1, 0.15) is 0 Å². The molecule has 2 saturated heterocycles. The number of piperidine rings is 1. The molecule has 132 valence electrons. The van der Waals surface area contributed by atoms with Gasteiger partial charge in [-0.2, -0.15) is 11.8 Å². The van der Waals surface area contributed by atoms with E-state index in [-0.39, 0.29) is 30.8 Å². The lowest BCUT2D eigenvalue weighted by Gasteiger charge is -2.35. The standard InChI is InChI=1S/C17H30N2O3S/c1-2-22-17(21)8-7-16(20)19-11-6-12-23-14-15(19)13-18-9-4-3-5-10-18/h15H,2-14H2,1H3. The van der Waals surface area contributed by atoms with Gasteiger partial charge in [0.25, 0.3) is 0 Å². The summed E-state index contributed by atoms with van der Waals surface area (Å²) in [4.78, 5) is 28.6. The van der Waals surface area contributed by atoms with Gasteiger partial charge in [-0.3, -0.25) is 9.59 Å². The molecule has 2 fully saturated rings. The van der Waals surface area contributed by atoms with Crippen LogP contribution in [0.3, 0.4) is 0 Å². The molecule has 2 aliphatic heterocycles. The maximum atomic E-state index is 12.6. The van der Waals surface area contributed by atoms with Crippen molar-refractivity contribution < 1.29 is 14.3 Å². The number of rotatable bonds is 6. The zero-order valence-electron chi connectivity index (χ0n) is 14.3. The van der Waals surface area contributed by atoms with Gasteiger partial charge >= 0.3 is 5.97 Å².